The number of rotatable bonds is 5. The van der Waals surface area contributed by atoms with E-state index in [4.69, 9.17) is 4.74 Å². The zero-order chi connectivity index (χ0) is 18.1. The predicted molar refractivity (Wildman–Crippen MR) is 93.5 cm³/mol. The first-order valence-corrected chi connectivity index (χ1v) is 8.53. The first kappa shape index (κ1) is 17.6. The quantitative estimate of drug-likeness (QED) is 0.851. The zero-order valence-corrected chi connectivity index (χ0v) is 15.1. The molecular weight excluding hydrogens is 322 g/mol. The number of hydrogen-bond donors (Lipinski definition) is 1. The van der Waals surface area contributed by atoms with Crippen molar-refractivity contribution in [1.29, 1.82) is 0 Å². The van der Waals surface area contributed by atoms with Crippen LogP contribution in [-0.2, 0) is 25.4 Å². The topological polar surface area (TPSA) is 83.1 Å². The van der Waals surface area contributed by atoms with Gasteiger partial charge in [0.1, 0.15) is 6.10 Å². The van der Waals surface area contributed by atoms with Crippen molar-refractivity contribution < 1.29 is 4.74 Å². The molecule has 1 saturated heterocycles. The number of ether oxygens (including phenoxy) is 1. The second-order valence-corrected chi connectivity index (χ2v) is 6.79. The smallest absolute Gasteiger partial charge is 0.330 e. The van der Waals surface area contributed by atoms with Crippen molar-refractivity contribution in [3.8, 4) is 0 Å². The van der Waals surface area contributed by atoms with Gasteiger partial charge in [-0.1, -0.05) is 0 Å². The Morgan fingerprint density at radius 2 is 2.08 bits per heavy atom. The van der Waals surface area contributed by atoms with Gasteiger partial charge in [0, 0.05) is 62.9 Å². The van der Waals surface area contributed by atoms with Gasteiger partial charge in [-0.05, 0) is 20.3 Å². The molecule has 1 fully saturated rings. The Balaban J connectivity index is 1.74. The maximum atomic E-state index is 12.0. The Bertz CT molecular complexity index is 864. The van der Waals surface area contributed by atoms with E-state index < -0.39 is 0 Å². The molecule has 0 amide bonds. The van der Waals surface area contributed by atoms with Gasteiger partial charge in [-0.15, -0.1) is 0 Å². The van der Waals surface area contributed by atoms with E-state index in [9.17, 15) is 9.59 Å². The van der Waals surface area contributed by atoms with Crippen LogP contribution in [0.4, 0.5) is 0 Å². The molecule has 136 valence electrons. The molecule has 1 aliphatic heterocycles. The molecule has 0 spiro atoms. The number of nitrogens with zero attached hydrogens (tertiary/aromatic N) is 4. The Morgan fingerprint density at radius 1 is 1.32 bits per heavy atom. The first-order valence-electron chi connectivity index (χ1n) is 8.53. The van der Waals surface area contributed by atoms with E-state index in [0.717, 1.165) is 16.6 Å². The number of nitrogens with one attached hydrogen (secondary N) is 1. The van der Waals surface area contributed by atoms with Crippen LogP contribution in [0, 0.1) is 0 Å². The van der Waals surface area contributed by atoms with Crippen LogP contribution in [0.3, 0.4) is 0 Å². The van der Waals surface area contributed by atoms with Crippen molar-refractivity contribution in [3.05, 3.63) is 50.6 Å². The summed E-state index contributed by atoms with van der Waals surface area (Å²) in [5.74, 6) is 0. The molecule has 3 heterocycles. The third-order valence-electron chi connectivity index (χ3n) is 4.74. The molecule has 2 aromatic rings. The molecule has 0 radical (unpaired) electrons. The lowest BCUT2D eigenvalue weighted by Gasteiger charge is -2.20. The fraction of sp³-hybridized carbons (Fsp3) is 0.588. The van der Waals surface area contributed by atoms with Gasteiger partial charge >= 0.3 is 5.69 Å². The lowest BCUT2D eigenvalue weighted by Crippen LogP contribution is -2.40. The normalized spacial score (nSPS) is 20.5. The van der Waals surface area contributed by atoms with E-state index in [1.54, 1.807) is 7.05 Å². The standard InChI is InChI=1S/C17H25N5O3/c1-11(2)22-10-12(8-19-22)16-14(5-6-25-16)18-9-13-7-15(23)21(4)17(24)20(13)3/h7-8,10-11,14,16,18H,5-6,9H2,1-4H3/t14-,16+/m0/s1. The van der Waals surface area contributed by atoms with Crippen LogP contribution in [0.25, 0.3) is 0 Å². The van der Waals surface area contributed by atoms with Gasteiger partial charge in [-0.25, -0.2) is 4.79 Å². The van der Waals surface area contributed by atoms with Crippen molar-refractivity contribution in [2.24, 2.45) is 14.1 Å². The van der Waals surface area contributed by atoms with Crippen molar-refractivity contribution >= 4 is 0 Å². The van der Waals surface area contributed by atoms with E-state index >= 15 is 0 Å². The van der Waals surface area contributed by atoms with Crippen LogP contribution in [0.2, 0.25) is 0 Å². The highest BCUT2D eigenvalue weighted by Gasteiger charge is 2.30. The van der Waals surface area contributed by atoms with Crippen LogP contribution >= 0.6 is 0 Å². The monoisotopic (exact) mass is 347 g/mol. The Labute approximate surface area is 146 Å². The third-order valence-corrected chi connectivity index (χ3v) is 4.74. The molecule has 25 heavy (non-hydrogen) atoms. The molecule has 3 rings (SSSR count). The summed E-state index contributed by atoms with van der Waals surface area (Å²) in [6.45, 7) is 5.27. The lowest BCUT2D eigenvalue weighted by atomic mass is 10.1. The van der Waals surface area contributed by atoms with Crippen molar-refractivity contribution in [2.75, 3.05) is 6.61 Å². The number of hydrogen-bond acceptors (Lipinski definition) is 5. The summed E-state index contributed by atoms with van der Waals surface area (Å²) in [6.07, 6.45) is 4.66. The minimum absolute atomic E-state index is 0.0731. The molecule has 8 nitrogen and oxygen atoms in total. The molecule has 0 bridgehead atoms. The maximum absolute atomic E-state index is 12.0. The highest BCUT2D eigenvalue weighted by molar-refractivity contribution is 5.13. The van der Waals surface area contributed by atoms with Gasteiger partial charge in [-0.2, -0.15) is 5.10 Å². The summed E-state index contributed by atoms with van der Waals surface area (Å²) >= 11 is 0. The molecule has 1 aliphatic rings. The van der Waals surface area contributed by atoms with Gasteiger partial charge in [0.15, 0.2) is 0 Å². The van der Waals surface area contributed by atoms with E-state index in [1.165, 1.54) is 17.7 Å². The summed E-state index contributed by atoms with van der Waals surface area (Å²) < 4.78 is 10.4. The second kappa shape index (κ2) is 6.97. The zero-order valence-electron chi connectivity index (χ0n) is 15.1. The SMILES string of the molecule is CC(C)n1cc([C@H]2OCC[C@@H]2NCc2cc(=O)n(C)c(=O)n2C)cn1. The van der Waals surface area contributed by atoms with Crippen molar-refractivity contribution in [1.82, 2.24) is 24.2 Å². The minimum Gasteiger partial charge on any atom is -0.372 e. The predicted octanol–water partition coefficient (Wildman–Crippen LogP) is 0.481. The van der Waals surface area contributed by atoms with E-state index in [1.807, 2.05) is 17.1 Å². The van der Waals surface area contributed by atoms with Crippen LogP contribution in [0.5, 0.6) is 0 Å². The molecule has 8 heteroatoms. The third kappa shape index (κ3) is 3.45. The summed E-state index contributed by atoms with van der Waals surface area (Å²) in [6, 6.07) is 1.91. The van der Waals surface area contributed by atoms with Gasteiger partial charge < -0.3 is 10.1 Å². The molecule has 0 unspecified atom stereocenters. The largest absolute Gasteiger partial charge is 0.372 e. The summed E-state index contributed by atoms with van der Waals surface area (Å²) in [5, 5.41) is 7.81. The first-order chi connectivity index (χ1) is 11.9. The molecule has 2 aromatic heterocycles. The van der Waals surface area contributed by atoms with Gasteiger partial charge in [0.05, 0.1) is 6.20 Å². The minimum atomic E-state index is -0.318. The van der Waals surface area contributed by atoms with Gasteiger partial charge in [-0.3, -0.25) is 18.6 Å². The van der Waals surface area contributed by atoms with Gasteiger partial charge in [0.25, 0.3) is 5.56 Å². The van der Waals surface area contributed by atoms with Crippen LogP contribution in [-0.4, -0.2) is 31.6 Å². The molecule has 2 atom stereocenters. The lowest BCUT2D eigenvalue weighted by molar-refractivity contribution is 0.0982. The number of aromatic nitrogens is 4. The van der Waals surface area contributed by atoms with E-state index in [0.29, 0.717) is 24.9 Å². The average molecular weight is 347 g/mol. The molecular formula is C17H25N5O3. The van der Waals surface area contributed by atoms with Crippen molar-refractivity contribution in [2.45, 2.75) is 45.0 Å². The summed E-state index contributed by atoms with van der Waals surface area (Å²) in [7, 11) is 3.16. The fourth-order valence-corrected chi connectivity index (χ4v) is 3.09. The van der Waals surface area contributed by atoms with Crippen LogP contribution < -0.4 is 16.6 Å². The second-order valence-electron chi connectivity index (χ2n) is 6.79. The molecule has 1 N–H and O–H groups in total. The fourth-order valence-electron chi connectivity index (χ4n) is 3.09. The molecule has 0 aromatic carbocycles. The van der Waals surface area contributed by atoms with E-state index in [-0.39, 0.29) is 23.4 Å². The Morgan fingerprint density at radius 3 is 2.76 bits per heavy atom. The maximum Gasteiger partial charge on any atom is 0.330 e. The Kier molecular flexibility index (Phi) is 4.91. The van der Waals surface area contributed by atoms with Crippen LogP contribution in [0.15, 0.2) is 28.0 Å². The molecule has 0 aliphatic carbocycles. The van der Waals surface area contributed by atoms with E-state index in [2.05, 4.69) is 24.3 Å². The molecule has 0 saturated carbocycles. The highest BCUT2D eigenvalue weighted by Crippen LogP contribution is 2.29. The van der Waals surface area contributed by atoms with Crippen LogP contribution in [0.1, 0.15) is 43.7 Å². The van der Waals surface area contributed by atoms with Gasteiger partial charge in [0.2, 0.25) is 0 Å². The highest BCUT2D eigenvalue weighted by atomic mass is 16.5. The summed E-state index contributed by atoms with van der Waals surface area (Å²) in [4.78, 5) is 23.9. The van der Waals surface area contributed by atoms with Crippen molar-refractivity contribution in [3.63, 3.8) is 0 Å². The average Bonchev–Trinajstić information content (AvgIpc) is 3.23. The summed E-state index contributed by atoms with van der Waals surface area (Å²) in [5.41, 5.74) is 1.09. The Hall–Kier alpha value is -2.19.